The Kier molecular flexibility index (Phi) is 7.53. The van der Waals surface area contributed by atoms with Crippen molar-refractivity contribution in [2.75, 3.05) is 13.2 Å². The van der Waals surface area contributed by atoms with E-state index in [1.807, 2.05) is 52.0 Å². The SMILES string of the molecule is CCCOC(=O)C(CC)C1(C(CC)C(=O)OCCC)c2ccccc2-c2ccccc21. The zero-order chi connectivity index (χ0) is 22.4. The lowest BCUT2D eigenvalue weighted by Crippen LogP contribution is -2.49. The molecule has 31 heavy (non-hydrogen) atoms. The average Bonchev–Trinajstić information content (AvgIpc) is 3.09. The first-order valence-corrected chi connectivity index (χ1v) is 11.6. The summed E-state index contributed by atoms with van der Waals surface area (Å²) in [4.78, 5) is 26.9. The van der Waals surface area contributed by atoms with Gasteiger partial charge in [-0.15, -0.1) is 0 Å². The summed E-state index contributed by atoms with van der Waals surface area (Å²) < 4.78 is 11.4. The van der Waals surface area contributed by atoms with Crippen LogP contribution >= 0.6 is 0 Å². The summed E-state index contributed by atoms with van der Waals surface area (Å²) in [5, 5.41) is 0. The lowest BCUT2D eigenvalue weighted by atomic mass is 9.59. The first kappa shape index (κ1) is 23.1. The summed E-state index contributed by atoms with van der Waals surface area (Å²) in [7, 11) is 0. The van der Waals surface area contributed by atoms with Crippen molar-refractivity contribution >= 4 is 11.9 Å². The van der Waals surface area contributed by atoms with Crippen LogP contribution in [0.15, 0.2) is 48.5 Å². The number of benzene rings is 2. The van der Waals surface area contributed by atoms with E-state index < -0.39 is 17.3 Å². The van der Waals surface area contributed by atoms with Crippen molar-refractivity contribution < 1.29 is 19.1 Å². The number of ether oxygens (including phenoxy) is 2. The lowest BCUT2D eigenvalue weighted by molar-refractivity contribution is -0.157. The summed E-state index contributed by atoms with van der Waals surface area (Å²) in [6.45, 7) is 8.75. The maximum atomic E-state index is 13.4. The molecule has 0 saturated heterocycles. The number of hydrogen-bond acceptors (Lipinski definition) is 4. The molecule has 1 aliphatic rings. The summed E-state index contributed by atoms with van der Waals surface area (Å²) in [5.74, 6) is -1.44. The monoisotopic (exact) mass is 422 g/mol. The van der Waals surface area contributed by atoms with Gasteiger partial charge < -0.3 is 9.47 Å². The van der Waals surface area contributed by atoms with Crippen LogP contribution in [0.4, 0.5) is 0 Å². The number of carbonyl (C=O) groups excluding carboxylic acids is 2. The largest absolute Gasteiger partial charge is 0.465 e. The molecular formula is C27H34O4. The number of carbonyl (C=O) groups is 2. The summed E-state index contributed by atoms with van der Waals surface area (Å²) in [6.07, 6.45) is 2.67. The molecule has 2 aromatic carbocycles. The summed E-state index contributed by atoms with van der Waals surface area (Å²) in [5.41, 5.74) is 3.41. The predicted molar refractivity (Wildman–Crippen MR) is 123 cm³/mol. The maximum absolute atomic E-state index is 13.4. The molecule has 2 atom stereocenters. The number of fused-ring (bicyclic) bond motifs is 3. The van der Waals surface area contributed by atoms with E-state index in [0.717, 1.165) is 35.1 Å². The Morgan fingerprint density at radius 2 is 1.10 bits per heavy atom. The van der Waals surface area contributed by atoms with Gasteiger partial charge in [0.1, 0.15) is 0 Å². The standard InChI is InChI=1S/C27H34O4/c1-5-17-30-25(28)21(7-3)27(22(8-4)26(29)31-18-6-2)23-15-11-9-13-19(23)20-14-10-12-16-24(20)27/h9-16,21-22H,5-8,17-18H2,1-4H3. The van der Waals surface area contributed by atoms with Gasteiger partial charge in [-0.1, -0.05) is 76.2 Å². The predicted octanol–water partition coefficient (Wildman–Crippen LogP) is 5.91. The Morgan fingerprint density at radius 1 is 0.710 bits per heavy atom. The molecule has 0 N–H and O–H groups in total. The van der Waals surface area contributed by atoms with E-state index in [4.69, 9.17) is 9.47 Å². The van der Waals surface area contributed by atoms with Crippen LogP contribution in [-0.4, -0.2) is 25.2 Å². The molecule has 2 unspecified atom stereocenters. The second kappa shape index (κ2) is 10.1. The minimum absolute atomic E-state index is 0.238. The molecule has 0 amide bonds. The lowest BCUT2D eigenvalue weighted by Gasteiger charge is -2.42. The third-order valence-corrected chi connectivity index (χ3v) is 6.42. The minimum atomic E-state index is -0.813. The second-order valence-corrected chi connectivity index (χ2v) is 8.22. The van der Waals surface area contributed by atoms with E-state index in [-0.39, 0.29) is 11.9 Å². The van der Waals surface area contributed by atoms with Gasteiger partial charge in [-0.3, -0.25) is 9.59 Å². The van der Waals surface area contributed by atoms with Crippen molar-refractivity contribution in [1.82, 2.24) is 0 Å². The van der Waals surface area contributed by atoms with Crippen molar-refractivity contribution in [3.05, 3.63) is 59.7 Å². The van der Waals surface area contributed by atoms with Crippen LogP contribution in [-0.2, 0) is 24.5 Å². The fraction of sp³-hybridized carbons (Fsp3) is 0.481. The van der Waals surface area contributed by atoms with Crippen LogP contribution in [0.5, 0.6) is 0 Å². The van der Waals surface area contributed by atoms with E-state index in [9.17, 15) is 9.59 Å². The second-order valence-electron chi connectivity index (χ2n) is 8.22. The summed E-state index contributed by atoms with van der Waals surface area (Å²) in [6, 6.07) is 16.3. The highest BCUT2D eigenvalue weighted by Gasteiger charge is 2.57. The minimum Gasteiger partial charge on any atom is -0.465 e. The van der Waals surface area contributed by atoms with Gasteiger partial charge in [0.15, 0.2) is 0 Å². The van der Waals surface area contributed by atoms with Crippen molar-refractivity contribution in [1.29, 1.82) is 0 Å². The normalized spacial score (nSPS) is 15.5. The van der Waals surface area contributed by atoms with Gasteiger partial charge in [0.25, 0.3) is 0 Å². The molecule has 0 radical (unpaired) electrons. The van der Waals surface area contributed by atoms with Crippen LogP contribution in [0.3, 0.4) is 0 Å². The molecule has 166 valence electrons. The zero-order valence-electron chi connectivity index (χ0n) is 19.1. The fourth-order valence-electron chi connectivity index (χ4n) is 5.25. The maximum Gasteiger partial charge on any atom is 0.310 e. The Hall–Kier alpha value is -2.62. The van der Waals surface area contributed by atoms with Gasteiger partial charge in [-0.25, -0.2) is 0 Å². The van der Waals surface area contributed by atoms with Gasteiger partial charge in [0, 0.05) is 5.41 Å². The van der Waals surface area contributed by atoms with Gasteiger partial charge in [0.05, 0.1) is 25.0 Å². The number of esters is 2. The molecule has 4 heteroatoms. The Balaban J connectivity index is 2.29. The zero-order valence-corrected chi connectivity index (χ0v) is 19.1. The first-order valence-electron chi connectivity index (χ1n) is 11.6. The van der Waals surface area contributed by atoms with Gasteiger partial charge in [0.2, 0.25) is 0 Å². The number of hydrogen-bond donors (Lipinski definition) is 0. The van der Waals surface area contributed by atoms with E-state index in [1.165, 1.54) is 0 Å². The van der Waals surface area contributed by atoms with Crippen molar-refractivity contribution in [2.45, 2.75) is 58.8 Å². The van der Waals surface area contributed by atoms with E-state index in [0.29, 0.717) is 26.1 Å². The highest BCUT2D eigenvalue weighted by molar-refractivity contribution is 5.90. The van der Waals surface area contributed by atoms with E-state index in [1.54, 1.807) is 0 Å². The molecule has 3 rings (SSSR count). The molecule has 0 spiro atoms. The fourth-order valence-corrected chi connectivity index (χ4v) is 5.25. The van der Waals surface area contributed by atoms with Crippen molar-refractivity contribution in [3.63, 3.8) is 0 Å². The smallest absolute Gasteiger partial charge is 0.310 e. The molecule has 0 aromatic heterocycles. The molecule has 4 nitrogen and oxygen atoms in total. The van der Waals surface area contributed by atoms with Crippen LogP contribution in [0.2, 0.25) is 0 Å². The molecule has 0 bridgehead atoms. The quantitative estimate of drug-likeness (QED) is 0.447. The van der Waals surface area contributed by atoms with Crippen molar-refractivity contribution in [2.24, 2.45) is 11.8 Å². The molecule has 1 aliphatic carbocycles. The molecular weight excluding hydrogens is 388 g/mol. The highest BCUT2D eigenvalue weighted by Crippen LogP contribution is 2.58. The van der Waals surface area contributed by atoms with Crippen LogP contribution in [0, 0.1) is 11.8 Å². The average molecular weight is 423 g/mol. The molecule has 0 aliphatic heterocycles. The van der Waals surface area contributed by atoms with Crippen LogP contribution < -0.4 is 0 Å². The first-order chi connectivity index (χ1) is 15.1. The Bertz CT molecular complexity index is 841. The molecule has 2 aromatic rings. The van der Waals surface area contributed by atoms with E-state index >= 15 is 0 Å². The van der Waals surface area contributed by atoms with Crippen LogP contribution in [0.25, 0.3) is 11.1 Å². The van der Waals surface area contributed by atoms with Gasteiger partial charge in [-0.05, 0) is 47.9 Å². The van der Waals surface area contributed by atoms with Gasteiger partial charge >= 0.3 is 11.9 Å². The number of rotatable bonds is 10. The van der Waals surface area contributed by atoms with Crippen molar-refractivity contribution in [3.8, 4) is 11.1 Å². The Morgan fingerprint density at radius 3 is 1.45 bits per heavy atom. The van der Waals surface area contributed by atoms with Crippen LogP contribution in [0.1, 0.15) is 64.5 Å². The van der Waals surface area contributed by atoms with E-state index in [2.05, 4.69) is 24.3 Å². The topological polar surface area (TPSA) is 52.6 Å². The molecule has 0 saturated carbocycles. The molecule has 0 heterocycles. The third kappa shape index (κ3) is 3.88. The third-order valence-electron chi connectivity index (χ3n) is 6.42. The van der Waals surface area contributed by atoms with Gasteiger partial charge in [-0.2, -0.15) is 0 Å². The highest BCUT2D eigenvalue weighted by atomic mass is 16.5. The molecule has 0 fully saturated rings. The summed E-state index contributed by atoms with van der Waals surface area (Å²) >= 11 is 0. The Labute approximate surface area is 186 Å².